The molecule has 0 radical (unpaired) electrons. The van der Waals surface area contributed by atoms with Gasteiger partial charge in [0.05, 0.1) is 0 Å². The van der Waals surface area contributed by atoms with Crippen LogP contribution in [0.4, 0.5) is 0 Å². The molecule has 0 bridgehead atoms. The monoisotopic (exact) mass is 228 g/mol. The Bertz CT molecular complexity index is 155. The first-order chi connectivity index (χ1) is 7.52. The molecule has 0 aromatic heterocycles. The van der Waals surface area contributed by atoms with Gasteiger partial charge in [0.15, 0.2) is 0 Å². The lowest BCUT2D eigenvalue weighted by molar-refractivity contribution is 0.260. The fourth-order valence-corrected chi connectivity index (χ4v) is 2.09. The largest absolute Gasteiger partial charge is 0.330 e. The van der Waals surface area contributed by atoms with Gasteiger partial charge in [-0.25, -0.2) is 0 Å². The van der Waals surface area contributed by atoms with E-state index >= 15 is 0 Å². The van der Waals surface area contributed by atoms with E-state index in [9.17, 15) is 0 Å². The summed E-state index contributed by atoms with van der Waals surface area (Å²) in [6, 6.07) is 0. The lowest BCUT2D eigenvalue weighted by atomic mass is 9.84. The van der Waals surface area contributed by atoms with Crippen molar-refractivity contribution in [1.82, 2.24) is 4.90 Å². The number of nitrogens with two attached hydrogens (primary N) is 1. The molecule has 0 saturated heterocycles. The summed E-state index contributed by atoms with van der Waals surface area (Å²) in [5.74, 6) is 0. The average molecular weight is 228 g/mol. The van der Waals surface area contributed by atoms with Crippen LogP contribution in [-0.2, 0) is 0 Å². The molecule has 0 atom stereocenters. The lowest BCUT2D eigenvalue weighted by Gasteiger charge is -2.25. The van der Waals surface area contributed by atoms with Gasteiger partial charge in [-0.1, -0.05) is 33.6 Å². The van der Waals surface area contributed by atoms with E-state index in [-0.39, 0.29) is 0 Å². The topological polar surface area (TPSA) is 29.3 Å². The molecule has 0 unspecified atom stereocenters. The minimum Gasteiger partial charge on any atom is -0.330 e. The minimum atomic E-state index is 0.430. The Morgan fingerprint density at radius 3 is 2.19 bits per heavy atom. The zero-order chi connectivity index (χ0) is 12.4. The molecule has 2 heteroatoms. The van der Waals surface area contributed by atoms with Crippen LogP contribution in [-0.4, -0.2) is 31.6 Å². The van der Waals surface area contributed by atoms with Crippen LogP contribution in [0.3, 0.4) is 0 Å². The fourth-order valence-electron chi connectivity index (χ4n) is 2.09. The number of nitrogens with zero attached hydrogens (tertiary/aromatic N) is 1. The SMILES string of the molecule is CCCCCN(C)CCCC(C)(C)CCN. The van der Waals surface area contributed by atoms with Crippen LogP contribution in [0.25, 0.3) is 0 Å². The maximum Gasteiger partial charge on any atom is -0.00216 e. The third kappa shape index (κ3) is 9.17. The highest BCUT2D eigenvalue weighted by atomic mass is 15.1. The Labute approximate surface area is 103 Å². The summed E-state index contributed by atoms with van der Waals surface area (Å²) in [4.78, 5) is 2.47. The fraction of sp³-hybridized carbons (Fsp3) is 1.00. The van der Waals surface area contributed by atoms with E-state index in [4.69, 9.17) is 5.73 Å². The molecule has 2 nitrogen and oxygen atoms in total. The molecule has 98 valence electrons. The van der Waals surface area contributed by atoms with Crippen molar-refractivity contribution in [1.29, 1.82) is 0 Å². The molecule has 16 heavy (non-hydrogen) atoms. The second-order valence-electron chi connectivity index (χ2n) is 5.82. The van der Waals surface area contributed by atoms with Gasteiger partial charge >= 0.3 is 0 Å². The van der Waals surface area contributed by atoms with Crippen LogP contribution in [0.1, 0.15) is 59.3 Å². The van der Waals surface area contributed by atoms with Crippen molar-refractivity contribution in [2.45, 2.75) is 59.3 Å². The standard InChI is InChI=1S/C14H32N2/c1-5-6-7-12-16(4)13-8-9-14(2,3)10-11-15/h5-13,15H2,1-4H3. The molecule has 0 amide bonds. The average Bonchev–Trinajstić information content (AvgIpc) is 2.17. The number of rotatable bonds is 10. The molecular weight excluding hydrogens is 196 g/mol. The smallest absolute Gasteiger partial charge is 0.00216 e. The van der Waals surface area contributed by atoms with Gasteiger partial charge in [-0.05, 0) is 57.8 Å². The van der Waals surface area contributed by atoms with E-state index in [1.807, 2.05) is 0 Å². The third-order valence-corrected chi connectivity index (χ3v) is 3.36. The number of unbranched alkanes of at least 4 members (excludes halogenated alkanes) is 2. The predicted molar refractivity (Wildman–Crippen MR) is 73.7 cm³/mol. The van der Waals surface area contributed by atoms with E-state index in [1.54, 1.807) is 0 Å². The molecule has 0 fully saturated rings. The van der Waals surface area contributed by atoms with Gasteiger partial charge in [-0.2, -0.15) is 0 Å². The summed E-state index contributed by atoms with van der Waals surface area (Å²) in [6.45, 7) is 10.2. The highest BCUT2D eigenvalue weighted by Gasteiger charge is 2.16. The van der Waals surface area contributed by atoms with Crippen LogP contribution in [0.15, 0.2) is 0 Å². The maximum absolute atomic E-state index is 5.62. The molecule has 0 aliphatic heterocycles. The van der Waals surface area contributed by atoms with Crippen molar-refractivity contribution >= 4 is 0 Å². The van der Waals surface area contributed by atoms with Gasteiger partial charge in [-0.15, -0.1) is 0 Å². The van der Waals surface area contributed by atoms with Gasteiger partial charge in [0.25, 0.3) is 0 Å². The van der Waals surface area contributed by atoms with E-state index in [2.05, 4.69) is 32.7 Å². The first-order valence-corrected chi connectivity index (χ1v) is 6.90. The predicted octanol–water partition coefficient (Wildman–Crippen LogP) is 3.26. The molecule has 2 N–H and O–H groups in total. The number of hydrogen-bond donors (Lipinski definition) is 1. The minimum absolute atomic E-state index is 0.430. The Hall–Kier alpha value is -0.0800. The van der Waals surface area contributed by atoms with Gasteiger partial charge in [0, 0.05) is 0 Å². The van der Waals surface area contributed by atoms with Crippen molar-refractivity contribution in [3.63, 3.8) is 0 Å². The first kappa shape index (κ1) is 15.9. The van der Waals surface area contributed by atoms with Crippen molar-refractivity contribution in [2.24, 2.45) is 11.1 Å². The lowest BCUT2D eigenvalue weighted by Crippen LogP contribution is -2.23. The van der Waals surface area contributed by atoms with Crippen LogP contribution in [0.2, 0.25) is 0 Å². The van der Waals surface area contributed by atoms with Crippen molar-refractivity contribution in [2.75, 3.05) is 26.7 Å². The highest BCUT2D eigenvalue weighted by Crippen LogP contribution is 2.25. The van der Waals surface area contributed by atoms with Crippen molar-refractivity contribution < 1.29 is 0 Å². The molecule has 0 rings (SSSR count). The number of hydrogen-bond acceptors (Lipinski definition) is 2. The van der Waals surface area contributed by atoms with Gasteiger partial charge in [0.1, 0.15) is 0 Å². The molecule has 0 saturated carbocycles. The molecule has 0 aliphatic rings. The van der Waals surface area contributed by atoms with Gasteiger partial charge in [0.2, 0.25) is 0 Å². The quantitative estimate of drug-likeness (QED) is 0.582. The van der Waals surface area contributed by atoms with Crippen molar-refractivity contribution in [3.8, 4) is 0 Å². The summed E-state index contributed by atoms with van der Waals surface area (Å²) < 4.78 is 0. The summed E-state index contributed by atoms with van der Waals surface area (Å²) in [7, 11) is 2.24. The second kappa shape index (κ2) is 9.00. The van der Waals surface area contributed by atoms with Crippen LogP contribution in [0.5, 0.6) is 0 Å². The molecule has 0 heterocycles. The maximum atomic E-state index is 5.62. The summed E-state index contributed by atoms with van der Waals surface area (Å²) in [5.41, 5.74) is 6.05. The van der Waals surface area contributed by atoms with E-state index < -0.39 is 0 Å². The van der Waals surface area contributed by atoms with E-state index in [0.717, 1.165) is 13.0 Å². The van der Waals surface area contributed by atoms with E-state index in [1.165, 1.54) is 45.2 Å². The van der Waals surface area contributed by atoms with Crippen LogP contribution >= 0.6 is 0 Å². The summed E-state index contributed by atoms with van der Waals surface area (Å²) >= 11 is 0. The zero-order valence-corrected chi connectivity index (χ0v) is 11.9. The van der Waals surface area contributed by atoms with Crippen LogP contribution in [0, 0.1) is 5.41 Å². The molecule has 0 aromatic carbocycles. The summed E-state index contributed by atoms with van der Waals surface area (Å²) in [5, 5.41) is 0. The second-order valence-corrected chi connectivity index (χ2v) is 5.82. The third-order valence-electron chi connectivity index (χ3n) is 3.36. The first-order valence-electron chi connectivity index (χ1n) is 6.90. The Balaban J connectivity index is 3.49. The normalized spacial score (nSPS) is 12.4. The van der Waals surface area contributed by atoms with Crippen molar-refractivity contribution in [3.05, 3.63) is 0 Å². The van der Waals surface area contributed by atoms with Crippen LogP contribution < -0.4 is 5.73 Å². The van der Waals surface area contributed by atoms with E-state index in [0.29, 0.717) is 5.41 Å². The molecule has 0 spiro atoms. The van der Waals surface area contributed by atoms with Gasteiger partial charge in [-0.3, -0.25) is 0 Å². The Morgan fingerprint density at radius 2 is 1.62 bits per heavy atom. The molecule has 0 aliphatic carbocycles. The summed E-state index contributed by atoms with van der Waals surface area (Å²) in [6.07, 6.45) is 7.77. The Kier molecular flexibility index (Phi) is 8.96. The Morgan fingerprint density at radius 1 is 1.00 bits per heavy atom. The molecule has 0 aromatic rings. The molecular formula is C14H32N2. The highest BCUT2D eigenvalue weighted by molar-refractivity contribution is 4.69. The van der Waals surface area contributed by atoms with Gasteiger partial charge < -0.3 is 10.6 Å². The zero-order valence-electron chi connectivity index (χ0n) is 11.9.